The van der Waals surface area contributed by atoms with Gasteiger partial charge in [0.05, 0.1) is 6.54 Å². The molecule has 0 radical (unpaired) electrons. The average Bonchev–Trinajstić information content (AvgIpc) is 3.07. The smallest absolute Gasteiger partial charge is 0.242 e. The Labute approximate surface area is 144 Å². The molecule has 134 valence electrons. The van der Waals surface area contributed by atoms with E-state index in [0.29, 0.717) is 39.1 Å². The van der Waals surface area contributed by atoms with Gasteiger partial charge in [0.15, 0.2) is 0 Å². The lowest BCUT2D eigenvalue weighted by atomic mass is 10.1. The molecule has 2 saturated heterocycles. The van der Waals surface area contributed by atoms with E-state index in [1.807, 2.05) is 9.80 Å². The summed E-state index contributed by atoms with van der Waals surface area (Å²) < 4.78 is 0. The maximum absolute atomic E-state index is 12.5. The monoisotopic (exact) mass is 335 g/mol. The molecule has 0 aromatic carbocycles. The van der Waals surface area contributed by atoms with E-state index in [-0.39, 0.29) is 30.2 Å². The number of hydrogen-bond acceptors (Lipinski definition) is 3. The summed E-state index contributed by atoms with van der Waals surface area (Å²) in [6.45, 7) is 3.36. The molecule has 0 atom stereocenters. The number of carbonyl (C=O) groups is 3. The number of likely N-dealkylation sites (tertiary alicyclic amines) is 1. The Balaban J connectivity index is 1.46. The summed E-state index contributed by atoms with van der Waals surface area (Å²) in [6.07, 6.45) is 7.94. The lowest BCUT2D eigenvalue weighted by molar-refractivity contribution is -0.144. The minimum atomic E-state index is 0.0261. The molecule has 0 aromatic heterocycles. The average molecular weight is 335 g/mol. The molecule has 0 bridgehead atoms. The van der Waals surface area contributed by atoms with Crippen LogP contribution in [0.3, 0.4) is 0 Å². The van der Waals surface area contributed by atoms with Crippen LogP contribution in [0, 0.1) is 5.92 Å². The minimum absolute atomic E-state index is 0.0261. The summed E-state index contributed by atoms with van der Waals surface area (Å²) in [4.78, 5) is 42.4. The van der Waals surface area contributed by atoms with Gasteiger partial charge in [-0.3, -0.25) is 14.4 Å². The Morgan fingerprint density at radius 1 is 0.833 bits per heavy atom. The zero-order chi connectivity index (χ0) is 16.9. The maximum atomic E-state index is 12.5. The van der Waals surface area contributed by atoms with Gasteiger partial charge in [0.2, 0.25) is 17.7 Å². The third kappa shape index (κ3) is 4.08. The van der Waals surface area contributed by atoms with Gasteiger partial charge >= 0.3 is 0 Å². The third-order valence-electron chi connectivity index (χ3n) is 5.65. The molecular formula is C18H29N3O3. The first-order chi connectivity index (χ1) is 11.6. The molecule has 6 nitrogen and oxygen atoms in total. The van der Waals surface area contributed by atoms with Crippen LogP contribution in [0.25, 0.3) is 0 Å². The molecule has 6 heteroatoms. The van der Waals surface area contributed by atoms with Crippen LogP contribution in [0.2, 0.25) is 0 Å². The second-order valence-electron chi connectivity index (χ2n) is 7.31. The first kappa shape index (κ1) is 17.2. The predicted molar refractivity (Wildman–Crippen MR) is 90.2 cm³/mol. The van der Waals surface area contributed by atoms with E-state index in [0.717, 1.165) is 32.1 Å². The Hall–Kier alpha value is -1.59. The van der Waals surface area contributed by atoms with Gasteiger partial charge in [-0.15, -0.1) is 0 Å². The Bertz CT molecular complexity index is 480. The summed E-state index contributed by atoms with van der Waals surface area (Å²) in [5.74, 6) is 0.624. The molecular weight excluding hydrogens is 306 g/mol. The molecule has 3 rings (SSSR count). The predicted octanol–water partition coefficient (Wildman–Crippen LogP) is 1.25. The van der Waals surface area contributed by atoms with E-state index in [2.05, 4.69) is 0 Å². The van der Waals surface area contributed by atoms with E-state index >= 15 is 0 Å². The Morgan fingerprint density at radius 2 is 1.50 bits per heavy atom. The van der Waals surface area contributed by atoms with Crippen LogP contribution in [-0.2, 0) is 14.4 Å². The number of hydrogen-bond donors (Lipinski definition) is 0. The molecule has 0 spiro atoms. The molecule has 2 heterocycles. The highest BCUT2D eigenvalue weighted by atomic mass is 16.2. The molecule has 0 N–H and O–H groups in total. The fourth-order valence-corrected chi connectivity index (χ4v) is 4.08. The van der Waals surface area contributed by atoms with Crippen molar-refractivity contribution >= 4 is 17.7 Å². The van der Waals surface area contributed by atoms with E-state index in [4.69, 9.17) is 0 Å². The summed E-state index contributed by atoms with van der Waals surface area (Å²) in [5.41, 5.74) is 0. The molecule has 1 aliphatic carbocycles. The van der Waals surface area contributed by atoms with Crippen LogP contribution in [0.15, 0.2) is 0 Å². The van der Waals surface area contributed by atoms with Gasteiger partial charge in [0.1, 0.15) is 0 Å². The van der Waals surface area contributed by atoms with Crippen LogP contribution < -0.4 is 0 Å². The molecule has 2 aliphatic heterocycles. The van der Waals surface area contributed by atoms with Crippen LogP contribution in [0.5, 0.6) is 0 Å². The van der Waals surface area contributed by atoms with E-state index < -0.39 is 0 Å². The number of amides is 3. The van der Waals surface area contributed by atoms with Crippen molar-refractivity contribution in [2.24, 2.45) is 5.92 Å². The number of nitrogens with zero attached hydrogens (tertiary/aromatic N) is 3. The summed E-state index contributed by atoms with van der Waals surface area (Å²) in [6, 6.07) is 0. The topological polar surface area (TPSA) is 60.9 Å². The summed E-state index contributed by atoms with van der Waals surface area (Å²) >= 11 is 0. The Morgan fingerprint density at radius 3 is 2.21 bits per heavy atom. The minimum Gasteiger partial charge on any atom is -0.339 e. The standard InChI is InChI=1S/C18H29N3O3/c22-16-8-2-1-5-9-21(16)14-17(23)19-10-12-20(13-11-19)18(24)15-6-3-4-7-15/h15H,1-14H2. The van der Waals surface area contributed by atoms with Gasteiger partial charge in [-0.2, -0.15) is 0 Å². The van der Waals surface area contributed by atoms with E-state index in [1.54, 1.807) is 4.90 Å². The van der Waals surface area contributed by atoms with Gasteiger partial charge < -0.3 is 14.7 Å². The largest absolute Gasteiger partial charge is 0.339 e. The van der Waals surface area contributed by atoms with Crippen molar-refractivity contribution < 1.29 is 14.4 Å². The first-order valence-corrected chi connectivity index (χ1v) is 9.49. The SMILES string of the molecule is O=C(CN1CCCCCC1=O)N1CCN(C(=O)C2CCCC2)CC1. The molecule has 0 unspecified atom stereocenters. The van der Waals surface area contributed by atoms with E-state index in [1.165, 1.54) is 12.8 Å². The number of piperazine rings is 1. The second kappa shape index (κ2) is 7.99. The maximum Gasteiger partial charge on any atom is 0.242 e. The quantitative estimate of drug-likeness (QED) is 0.780. The van der Waals surface area contributed by atoms with Crippen molar-refractivity contribution in [3.05, 3.63) is 0 Å². The van der Waals surface area contributed by atoms with Crippen molar-refractivity contribution in [1.82, 2.24) is 14.7 Å². The zero-order valence-corrected chi connectivity index (χ0v) is 14.5. The fourth-order valence-electron chi connectivity index (χ4n) is 4.08. The van der Waals surface area contributed by atoms with Gasteiger partial charge in [0.25, 0.3) is 0 Å². The highest BCUT2D eigenvalue weighted by molar-refractivity contribution is 5.85. The molecule has 24 heavy (non-hydrogen) atoms. The van der Waals surface area contributed by atoms with Gasteiger partial charge in [-0.05, 0) is 25.7 Å². The Kier molecular flexibility index (Phi) is 5.74. The summed E-state index contributed by atoms with van der Waals surface area (Å²) in [7, 11) is 0. The van der Waals surface area contributed by atoms with Crippen molar-refractivity contribution in [1.29, 1.82) is 0 Å². The van der Waals surface area contributed by atoms with E-state index in [9.17, 15) is 14.4 Å². The van der Waals surface area contributed by atoms with Crippen LogP contribution in [0.1, 0.15) is 51.4 Å². The normalized spacial score (nSPS) is 23.5. The first-order valence-electron chi connectivity index (χ1n) is 9.49. The van der Waals surface area contributed by atoms with Crippen molar-refractivity contribution in [3.8, 4) is 0 Å². The molecule has 3 fully saturated rings. The van der Waals surface area contributed by atoms with Crippen LogP contribution >= 0.6 is 0 Å². The highest BCUT2D eigenvalue weighted by Crippen LogP contribution is 2.27. The number of carbonyl (C=O) groups excluding carboxylic acids is 3. The summed E-state index contributed by atoms with van der Waals surface area (Å²) in [5, 5.41) is 0. The highest BCUT2D eigenvalue weighted by Gasteiger charge is 2.31. The van der Waals surface area contributed by atoms with Gasteiger partial charge in [-0.25, -0.2) is 0 Å². The van der Waals surface area contributed by atoms with Crippen molar-refractivity contribution in [2.45, 2.75) is 51.4 Å². The van der Waals surface area contributed by atoms with Crippen LogP contribution in [0.4, 0.5) is 0 Å². The molecule has 0 aromatic rings. The third-order valence-corrected chi connectivity index (χ3v) is 5.65. The lowest BCUT2D eigenvalue weighted by Crippen LogP contribution is -2.53. The fraction of sp³-hybridized carbons (Fsp3) is 0.833. The van der Waals surface area contributed by atoms with Gasteiger partial charge in [0, 0.05) is 45.1 Å². The number of rotatable bonds is 3. The zero-order valence-electron chi connectivity index (χ0n) is 14.5. The van der Waals surface area contributed by atoms with Crippen molar-refractivity contribution in [3.63, 3.8) is 0 Å². The second-order valence-corrected chi connectivity index (χ2v) is 7.31. The van der Waals surface area contributed by atoms with Crippen LogP contribution in [-0.4, -0.2) is 71.7 Å². The van der Waals surface area contributed by atoms with Gasteiger partial charge in [-0.1, -0.05) is 19.3 Å². The molecule has 3 aliphatic rings. The van der Waals surface area contributed by atoms with Crippen molar-refractivity contribution in [2.75, 3.05) is 39.3 Å². The lowest BCUT2D eigenvalue weighted by Gasteiger charge is -2.36. The molecule has 3 amide bonds. The molecule has 1 saturated carbocycles.